The second-order valence-electron chi connectivity index (χ2n) is 14.2. The maximum absolute atomic E-state index is 3.45. The summed E-state index contributed by atoms with van der Waals surface area (Å²) < 4.78 is -3.07. The van der Waals surface area contributed by atoms with Crippen molar-refractivity contribution in [3.05, 3.63) is 215 Å². The van der Waals surface area contributed by atoms with Gasteiger partial charge < -0.3 is 0 Å². The molecule has 0 amide bonds. The summed E-state index contributed by atoms with van der Waals surface area (Å²) in [6, 6.07) is 64.6. The van der Waals surface area contributed by atoms with Crippen LogP contribution >= 0.6 is 12.6 Å². The molecule has 6 aromatic rings. The molecular formula is C48H54BiP3Se6. The van der Waals surface area contributed by atoms with Crippen molar-refractivity contribution in [1.82, 2.24) is 0 Å². The van der Waals surface area contributed by atoms with E-state index in [4.69, 9.17) is 0 Å². The fourth-order valence-corrected chi connectivity index (χ4v) is 17.2. The quantitative estimate of drug-likeness (QED) is 0.0594. The minimum atomic E-state index is -1.02. The summed E-state index contributed by atoms with van der Waals surface area (Å²) in [5, 5.41) is 0. The summed E-state index contributed by atoms with van der Waals surface area (Å²) >= 11 is 20.7. The molecule has 0 bridgehead atoms. The van der Waals surface area contributed by atoms with Crippen molar-refractivity contribution in [2.24, 2.45) is 0 Å². The van der Waals surface area contributed by atoms with E-state index in [0.29, 0.717) is 0 Å². The summed E-state index contributed by atoms with van der Waals surface area (Å²) in [5.74, 6) is 0. The molecule has 0 aliphatic carbocycles. The normalized spacial score (nSPS) is 11.2. The van der Waals surface area contributed by atoms with E-state index >= 15 is 0 Å². The third kappa shape index (κ3) is 24.5. The van der Waals surface area contributed by atoms with E-state index in [1.165, 1.54) is 109 Å². The zero-order valence-electron chi connectivity index (χ0n) is 33.0. The van der Waals surface area contributed by atoms with Gasteiger partial charge in [0.25, 0.3) is 0 Å². The molecule has 0 heterocycles. The predicted molar refractivity (Wildman–Crippen MR) is 271 cm³/mol. The molecule has 0 aromatic heterocycles. The standard InChI is InChI=1S/3C16H18PSe2.Bi/c3*18-17(19,13-11-15-7-3-1-4-8-15)14-12-16-9-5-2-6-10-16;/h3*1-10H,11-14H2;. The second-order valence-corrected chi connectivity index (χ2v) is 58.7. The predicted octanol–water partition coefficient (Wildman–Crippen LogP) is 10.6. The van der Waals surface area contributed by atoms with Gasteiger partial charge in [-0.3, -0.25) is 0 Å². The van der Waals surface area contributed by atoms with E-state index in [1.807, 2.05) is 0 Å². The Balaban J connectivity index is 0.000000231. The summed E-state index contributed by atoms with van der Waals surface area (Å²) in [4.78, 5) is 0. The molecule has 302 valence electrons. The molecule has 10 heteroatoms. The average molecular weight is 1410 g/mol. The van der Waals surface area contributed by atoms with Gasteiger partial charge in [0.05, 0.1) is 0 Å². The van der Waals surface area contributed by atoms with Gasteiger partial charge in [0.15, 0.2) is 0 Å². The fourth-order valence-electron chi connectivity index (χ4n) is 6.00. The molecule has 0 aliphatic rings. The van der Waals surface area contributed by atoms with Gasteiger partial charge >= 0.3 is 395 Å². The van der Waals surface area contributed by atoms with Crippen LogP contribution < -0.4 is 0 Å². The van der Waals surface area contributed by atoms with Gasteiger partial charge in [-0.05, 0) is 0 Å². The molecule has 0 saturated carbocycles. The van der Waals surface area contributed by atoms with Crippen molar-refractivity contribution in [3.63, 3.8) is 0 Å². The zero-order valence-corrected chi connectivity index (χ0v) is 49.5. The Kier molecular flexibility index (Phi) is 27.3. The van der Waals surface area contributed by atoms with Gasteiger partial charge in [0.1, 0.15) is 0 Å². The number of hydrogen-bond donors (Lipinski definition) is 0. The SMILES string of the molecule is [Bi].[Se]P(=[Se])(CCc1ccccc1)CCc1ccccc1.[Se]P(=[Se])(CCc1ccccc1)CCc1ccccc1.[Se]P(=[Se])(CCc1ccccc1)CCc1ccccc1. The molecule has 58 heavy (non-hydrogen) atoms. The van der Waals surface area contributed by atoms with Crippen LogP contribution in [-0.2, 0) is 38.5 Å². The fraction of sp³-hybridized carbons (Fsp3) is 0.250. The van der Waals surface area contributed by atoms with Crippen molar-refractivity contribution in [2.45, 2.75) is 38.5 Å². The van der Waals surface area contributed by atoms with Gasteiger partial charge in [-0.15, -0.1) is 0 Å². The number of aryl methyl sites for hydroxylation is 6. The van der Waals surface area contributed by atoms with Gasteiger partial charge in [-0.1, -0.05) is 0 Å². The minimum absolute atomic E-state index is 0. The van der Waals surface area contributed by atoms with E-state index in [2.05, 4.69) is 274 Å². The number of benzene rings is 6. The first-order valence-corrected chi connectivity index (χ1v) is 39.4. The Hall–Kier alpha value is 0.610. The Bertz CT molecular complexity index is 1720. The van der Waals surface area contributed by atoms with Crippen LogP contribution in [0, 0.1) is 0 Å². The first kappa shape index (κ1) is 53.0. The molecule has 0 N–H and O–H groups in total. The Morgan fingerprint density at radius 1 is 0.241 bits per heavy atom. The monoisotopic (exact) mass is 1410 g/mol. The van der Waals surface area contributed by atoms with Crippen LogP contribution in [0.3, 0.4) is 0 Å². The van der Waals surface area contributed by atoms with Crippen LogP contribution in [0.15, 0.2) is 182 Å². The molecule has 0 aliphatic heterocycles. The molecule has 0 saturated heterocycles. The Labute approximate surface area is 416 Å². The zero-order chi connectivity index (χ0) is 40.7. The molecule has 6 aromatic carbocycles. The van der Waals surface area contributed by atoms with Crippen molar-refractivity contribution >= 4 is 131 Å². The summed E-state index contributed by atoms with van der Waals surface area (Å²) in [6.07, 6.45) is 14.5. The summed E-state index contributed by atoms with van der Waals surface area (Å²) in [6.45, 7) is 0. The van der Waals surface area contributed by atoms with Crippen LogP contribution in [0.5, 0.6) is 0 Å². The van der Waals surface area contributed by atoms with Crippen molar-refractivity contribution in [1.29, 1.82) is 0 Å². The maximum atomic E-state index is 3.45. The van der Waals surface area contributed by atoms with E-state index in [0.717, 1.165) is 0 Å². The van der Waals surface area contributed by atoms with E-state index in [-0.39, 0.29) is 26.2 Å². The van der Waals surface area contributed by atoms with E-state index in [1.54, 1.807) is 0 Å². The van der Waals surface area contributed by atoms with Crippen molar-refractivity contribution in [2.75, 3.05) is 37.0 Å². The molecule has 0 unspecified atom stereocenters. The molecule has 0 nitrogen and oxygen atoms in total. The van der Waals surface area contributed by atoms with Crippen LogP contribution in [0.1, 0.15) is 33.4 Å². The van der Waals surface area contributed by atoms with Crippen LogP contribution in [-0.4, -0.2) is 155 Å². The van der Waals surface area contributed by atoms with Gasteiger partial charge in [-0.2, -0.15) is 0 Å². The first-order valence-electron chi connectivity index (χ1n) is 19.6. The topological polar surface area (TPSA) is 0 Å². The van der Waals surface area contributed by atoms with E-state index < -0.39 is 12.6 Å². The Morgan fingerprint density at radius 2 is 0.362 bits per heavy atom. The van der Waals surface area contributed by atoms with Crippen LogP contribution in [0.25, 0.3) is 0 Å². The van der Waals surface area contributed by atoms with Crippen LogP contribution in [0.2, 0.25) is 0 Å². The molecule has 0 fully saturated rings. The van der Waals surface area contributed by atoms with Crippen molar-refractivity contribution in [3.8, 4) is 0 Å². The third-order valence-corrected chi connectivity index (χ3v) is 28.7. The van der Waals surface area contributed by atoms with E-state index in [9.17, 15) is 0 Å². The summed E-state index contributed by atoms with van der Waals surface area (Å²) in [7, 11) is 0. The van der Waals surface area contributed by atoms with Gasteiger partial charge in [0.2, 0.25) is 0 Å². The Morgan fingerprint density at radius 3 is 0.483 bits per heavy atom. The second kappa shape index (κ2) is 29.9. The average Bonchev–Trinajstić information content (AvgIpc) is 3.25. The molecular weight excluding hydrogens is 1350 g/mol. The number of hydrogen-bond acceptors (Lipinski definition) is 0. The number of rotatable bonds is 18. The van der Waals surface area contributed by atoms with Gasteiger partial charge in [-0.25, -0.2) is 0 Å². The molecule has 6 radical (unpaired) electrons. The molecule has 0 atom stereocenters. The van der Waals surface area contributed by atoms with Crippen molar-refractivity contribution < 1.29 is 0 Å². The van der Waals surface area contributed by atoms with Crippen LogP contribution in [0.4, 0.5) is 0 Å². The summed E-state index contributed by atoms with van der Waals surface area (Å²) in [5.41, 5.74) is 8.65. The third-order valence-electron chi connectivity index (χ3n) is 9.50. The van der Waals surface area contributed by atoms with Gasteiger partial charge in [0, 0.05) is 26.2 Å². The molecule has 0 spiro atoms. The molecule has 6 rings (SSSR count). The first-order chi connectivity index (χ1) is 27.5.